The smallest absolute Gasteiger partial charge is 0.277 e. The molecule has 2 amide bonds. The van der Waals surface area contributed by atoms with Gasteiger partial charge < -0.3 is 9.80 Å². The SMILES string of the molecule is CCCC(=O)N1CCc2nc3cc([C@H]4CCCN(C(=O)CCC)C4)[nH]n3c(=O)c2C1. The van der Waals surface area contributed by atoms with Crippen molar-refractivity contribution in [3.63, 3.8) is 0 Å². The highest BCUT2D eigenvalue weighted by Gasteiger charge is 2.28. The molecule has 8 heteroatoms. The molecule has 4 heterocycles. The number of nitrogens with one attached hydrogen (secondary N) is 1. The fraction of sp³-hybridized carbons (Fsp3) is 0.636. The van der Waals surface area contributed by atoms with Crippen molar-refractivity contribution in [2.45, 2.75) is 71.3 Å². The van der Waals surface area contributed by atoms with Crippen molar-refractivity contribution in [3.05, 3.63) is 33.4 Å². The first-order valence-electron chi connectivity index (χ1n) is 11.2. The number of amides is 2. The molecule has 0 bridgehead atoms. The van der Waals surface area contributed by atoms with Gasteiger partial charge in [0.25, 0.3) is 5.56 Å². The summed E-state index contributed by atoms with van der Waals surface area (Å²) in [7, 11) is 0. The Morgan fingerprint density at radius 1 is 1.13 bits per heavy atom. The number of carbonyl (C=O) groups excluding carboxylic acids is 2. The minimum Gasteiger partial charge on any atom is -0.342 e. The van der Waals surface area contributed by atoms with Crippen molar-refractivity contribution >= 4 is 17.5 Å². The molecule has 30 heavy (non-hydrogen) atoms. The van der Waals surface area contributed by atoms with E-state index < -0.39 is 0 Å². The lowest BCUT2D eigenvalue weighted by Gasteiger charge is -2.32. The van der Waals surface area contributed by atoms with Gasteiger partial charge in [-0.15, -0.1) is 0 Å². The van der Waals surface area contributed by atoms with Crippen LogP contribution in [-0.4, -0.2) is 55.8 Å². The van der Waals surface area contributed by atoms with Crippen LogP contribution in [0.3, 0.4) is 0 Å². The van der Waals surface area contributed by atoms with E-state index in [1.165, 1.54) is 4.52 Å². The van der Waals surface area contributed by atoms with Gasteiger partial charge in [-0.3, -0.25) is 19.5 Å². The van der Waals surface area contributed by atoms with E-state index >= 15 is 0 Å². The van der Waals surface area contributed by atoms with Gasteiger partial charge in [0.1, 0.15) is 0 Å². The number of aromatic nitrogens is 3. The number of carbonyl (C=O) groups is 2. The summed E-state index contributed by atoms with van der Waals surface area (Å²) in [6.07, 6.45) is 5.31. The number of hydrogen-bond acceptors (Lipinski definition) is 4. The van der Waals surface area contributed by atoms with Gasteiger partial charge in [0.05, 0.1) is 17.8 Å². The van der Waals surface area contributed by atoms with Crippen LogP contribution in [0, 0.1) is 0 Å². The Labute approximate surface area is 176 Å². The Morgan fingerprint density at radius 3 is 2.60 bits per heavy atom. The maximum absolute atomic E-state index is 13.1. The van der Waals surface area contributed by atoms with Crippen molar-refractivity contribution in [2.75, 3.05) is 19.6 Å². The van der Waals surface area contributed by atoms with E-state index in [-0.39, 0.29) is 23.3 Å². The molecule has 2 aromatic heterocycles. The number of fused-ring (bicyclic) bond motifs is 2. The molecule has 4 rings (SSSR count). The third-order valence-electron chi connectivity index (χ3n) is 6.28. The van der Waals surface area contributed by atoms with E-state index in [9.17, 15) is 14.4 Å². The van der Waals surface area contributed by atoms with Crippen LogP contribution in [0.15, 0.2) is 10.9 Å². The van der Waals surface area contributed by atoms with Crippen LogP contribution in [0.1, 0.15) is 75.2 Å². The van der Waals surface area contributed by atoms with Gasteiger partial charge in [0.15, 0.2) is 5.65 Å². The number of H-pyrrole nitrogens is 1. The van der Waals surface area contributed by atoms with E-state index in [2.05, 4.69) is 5.10 Å². The monoisotopic (exact) mass is 413 g/mol. The highest BCUT2D eigenvalue weighted by molar-refractivity contribution is 5.76. The van der Waals surface area contributed by atoms with Crippen molar-refractivity contribution in [1.29, 1.82) is 0 Å². The molecule has 0 spiro atoms. The van der Waals surface area contributed by atoms with Gasteiger partial charge in [0.2, 0.25) is 11.8 Å². The third-order valence-corrected chi connectivity index (χ3v) is 6.28. The second-order valence-corrected chi connectivity index (χ2v) is 8.49. The van der Waals surface area contributed by atoms with Crippen LogP contribution in [0.2, 0.25) is 0 Å². The van der Waals surface area contributed by atoms with E-state index in [1.54, 1.807) is 4.90 Å². The Hall–Kier alpha value is -2.64. The predicted molar refractivity (Wildman–Crippen MR) is 113 cm³/mol. The fourth-order valence-corrected chi connectivity index (χ4v) is 4.62. The van der Waals surface area contributed by atoms with Gasteiger partial charge in [-0.05, 0) is 25.7 Å². The number of aromatic amines is 1. The lowest BCUT2D eigenvalue weighted by atomic mass is 9.94. The predicted octanol–water partition coefficient (Wildman–Crippen LogP) is 2.21. The summed E-state index contributed by atoms with van der Waals surface area (Å²) in [4.78, 5) is 46.2. The van der Waals surface area contributed by atoms with Gasteiger partial charge in [-0.1, -0.05) is 13.8 Å². The molecule has 0 unspecified atom stereocenters. The van der Waals surface area contributed by atoms with Crippen LogP contribution in [0.5, 0.6) is 0 Å². The lowest BCUT2D eigenvalue weighted by Crippen LogP contribution is -2.40. The van der Waals surface area contributed by atoms with E-state index in [1.807, 2.05) is 24.8 Å². The number of hydrogen-bond donors (Lipinski definition) is 1. The second kappa shape index (κ2) is 8.62. The van der Waals surface area contributed by atoms with Crippen molar-refractivity contribution < 1.29 is 9.59 Å². The summed E-state index contributed by atoms with van der Waals surface area (Å²) in [5, 5.41) is 3.24. The molecule has 0 saturated carbocycles. The summed E-state index contributed by atoms with van der Waals surface area (Å²) < 4.78 is 1.51. The molecule has 1 saturated heterocycles. The van der Waals surface area contributed by atoms with Crippen molar-refractivity contribution in [3.8, 4) is 0 Å². The van der Waals surface area contributed by atoms with Gasteiger partial charge >= 0.3 is 0 Å². The molecular weight excluding hydrogens is 382 g/mol. The van der Waals surface area contributed by atoms with Crippen LogP contribution in [0.25, 0.3) is 5.65 Å². The highest BCUT2D eigenvalue weighted by atomic mass is 16.2. The number of nitrogens with zero attached hydrogens (tertiary/aromatic N) is 4. The largest absolute Gasteiger partial charge is 0.342 e. The van der Waals surface area contributed by atoms with Crippen molar-refractivity contribution in [2.24, 2.45) is 0 Å². The zero-order chi connectivity index (χ0) is 21.3. The number of piperidine rings is 1. The molecule has 0 aliphatic carbocycles. The Bertz CT molecular complexity index is 1010. The molecule has 162 valence electrons. The molecule has 1 fully saturated rings. The molecule has 2 aliphatic heterocycles. The van der Waals surface area contributed by atoms with Gasteiger partial charge in [-0.25, -0.2) is 9.50 Å². The standard InChI is InChI=1S/C22H31N5O3/c1-3-6-20(28)25-10-5-8-15(13-25)18-12-19-23-17-9-11-26(21(29)7-4-2)14-16(17)22(30)27(19)24-18/h12,15,24H,3-11,13-14H2,1-2H3/t15-/m0/s1. The van der Waals surface area contributed by atoms with E-state index in [0.717, 1.165) is 43.6 Å². The Morgan fingerprint density at radius 2 is 1.87 bits per heavy atom. The molecule has 8 nitrogen and oxygen atoms in total. The summed E-state index contributed by atoms with van der Waals surface area (Å²) in [6.45, 7) is 6.44. The van der Waals surface area contributed by atoms with E-state index in [0.29, 0.717) is 50.1 Å². The number of rotatable bonds is 5. The minimum absolute atomic E-state index is 0.0962. The average Bonchev–Trinajstić information content (AvgIpc) is 3.19. The summed E-state index contributed by atoms with van der Waals surface area (Å²) in [5.74, 6) is 0.486. The molecule has 0 aromatic carbocycles. The Kier molecular flexibility index (Phi) is 5.92. The van der Waals surface area contributed by atoms with Crippen LogP contribution in [0.4, 0.5) is 0 Å². The first-order chi connectivity index (χ1) is 14.5. The highest BCUT2D eigenvalue weighted by Crippen LogP contribution is 2.27. The molecule has 1 N–H and O–H groups in total. The lowest BCUT2D eigenvalue weighted by molar-refractivity contribution is -0.133. The fourth-order valence-electron chi connectivity index (χ4n) is 4.62. The second-order valence-electron chi connectivity index (χ2n) is 8.49. The molecule has 0 radical (unpaired) electrons. The van der Waals surface area contributed by atoms with Crippen LogP contribution in [-0.2, 0) is 22.6 Å². The minimum atomic E-state index is -0.120. The maximum Gasteiger partial charge on any atom is 0.277 e. The first kappa shape index (κ1) is 20.6. The molecule has 2 aliphatic rings. The van der Waals surface area contributed by atoms with Gasteiger partial charge in [0, 0.05) is 56.6 Å². The van der Waals surface area contributed by atoms with Gasteiger partial charge in [-0.2, -0.15) is 0 Å². The van der Waals surface area contributed by atoms with Crippen LogP contribution < -0.4 is 5.56 Å². The number of likely N-dealkylation sites (tertiary alicyclic amines) is 1. The third kappa shape index (κ3) is 3.87. The van der Waals surface area contributed by atoms with Crippen molar-refractivity contribution in [1.82, 2.24) is 24.4 Å². The molecule has 2 aromatic rings. The molecule has 1 atom stereocenters. The summed E-state index contributed by atoms with van der Waals surface area (Å²) in [6, 6.07) is 1.95. The topological polar surface area (TPSA) is 90.8 Å². The molecular formula is C22H31N5O3. The van der Waals surface area contributed by atoms with Crippen LogP contribution >= 0.6 is 0 Å². The maximum atomic E-state index is 13.1. The Balaban J connectivity index is 1.60. The average molecular weight is 414 g/mol. The normalized spacial score (nSPS) is 19.2. The van der Waals surface area contributed by atoms with E-state index in [4.69, 9.17) is 4.98 Å². The summed E-state index contributed by atoms with van der Waals surface area (Å²) >= 11 is 0. The zero-order valence-electron chi connectivity index (χ0n) is 17.9. The zero-order valence-corrected chi connectivity index (χ0v) is 17.9. The quantitative estimate of drug-likeness (QED) is 0.814. The summed E-state index contributed by atoms with van der Waals surface area (Å²) in [5.41, 5.74) is 2.87. The first-order valence-corrected chi connectivity index (χ1v) is 11.2.